The Morgan fingerprint density at radius 1 is 1.38 bits per heavy atom. The van der Waals surface area contributed by atoms with Gasteiger partial charge in [0.05, 0.1) is 21.8 Å². The molecule has 1 aromatic carbocycles. The highest BCUT2D eigenvalue weighted by molar-refractivity contribution is 5.90. The molecule has 7 nitrogen and oxygen atoms in total. The highest BCUT2D eigenvalue weighted by Crippen LogP contribution is 2.28. The molecule has 3 aromatic rings. The minimum atomic E-state index is -0.381. The third-order valence-electron chi connectivity index (χ3n) is 3.38. The number of nitrogens with one attached hydrogen (secondary N) is 1. The lowest BCUT2D eigenvalue weighted by Crippen LogP contribution is -2.02. The molecule has 0 fully saturated rings. The summed E-state index contributed by atoms with van der Waals surface area (Å²) in [5.41, 5.74) is 2.23. The Kier molecular flexibility index (Phi) is 3.17. The Balaban J connectivity index is 2.02. The van der Waals surface area contributed by atoms with Crippen LogP contribution in [0.5, 0.6) is 0 Å². The first kappa shape index (κ1) is 13.3. The van der Waals surface area contributed by atoms with E-state index in [4.69, 9.17) is 0 Å². The van der Waals surface area contributed by atoms with Gasteiger partial charge in [0.1, 0.15) is 5.39 Å². The lowest BCUT2D eigenvalue weighted by molar-refractivity contribution is -0.383. The van der Waals surface area contributed by atoms with Gasteiger partial charge < -0.3 is 0 Å². The average Bonchev–Trinajstić information content (AvgIpc) is 3.06. The summed E-state index contributed by atoms with van der Waals surface area (Å²) < 4.78 is 1.86. The first-order valence-electron chi connectivity index (χ1n) is 6.70. The van der Waals surface area contributed by atoms with E-state index in [9.17, 15) is 10.1 Å². The number of non-ortho nitro benzene ring substituents is 1. The monoisotopic (exact) mass is 285 g/mol. The van der Waals surface area contributed by atoms with Gasteiger partial charge in [-0.15, -0.1) is 0 Å². The first-order valence-corrected chi connectivity index (χ1v) is 6.70. The van der Waals surface area contributed by atoms with Crippen LogP contribution < -0.4 is 0 Å². The molecule has 0 bridgehead atoms. The minimum Gasteiger partial charge on any atom is -0.277 e. The maximum atomic E-state index is 11.2. The van der Waals surface area contributed by atoms with E-state index in [1.54, 1.807) is 12.1 Å². The molecule has 0 saturated heterocycles. The van der Waals surface area contributed by atoms with Crippen LogP contribution in [-0.2, 0) is 6.42 Å². The van der Waals surface area contributed by atoms with Crippen LogP contribution >= 0.6 is 0 Å². The highest BCUT2D eigenvalue weighted by Gasteiger charge is 2.18. The molecule has 0 aliphatic carbocycles. The van der Waals surface area contributed by atoms with Gasteiger partial charge in [-0.3, -0.25) is 19.9 Å². The largest absolute Gasteiger partial charge is 0.280 e. The Morgan fingerprint density at radius 2 is 2.19 bits per heavy atom. The van der Waals surface area contributed by atoms with Crippen LogP contribution in [0, 0.1) is 10.1 Å². The number of aromatic nitrogens is 4. The van der Waals surface area contributed by atoms with Crippen molar-refractivity contribution in [2.45, 2.75) is 26.3 Å². The maximum absolute atomic E-state index is 11.2. The fourth-order valence-corrected chi connectivity index (χ4v) is 2.33. The molecule has 0 aliphatic heterocycles. The van der Waals surface area contributed by atoms with Crippen molar-refractivity contribution in [1.82, 2.24) is 20.0 Å². The normalized spacial score (nSPS) is 11.4. The predicted octanol–water partition coefficient (Wildman–Crippen LogP) is 2.84. The average molecular weight is 285 g/mol. The summed E-state index contributed by atoms with van der Waals surface area (Å²) in [6.07, 6.45) is 2.37. The molecule has 3 rings (SSSR count). The molecular weight excluding hydrogens is 270 g/mol. The van der Waals surface area contributed by atoms with E-state index in [0.717, 1.165) is 5.69 Å². The van der Waals surface area contributed by atoms with E-state index in [2.05, 4.69) is 15.3 Å². The van der Waals surface area contributed by atoms with Crippen molar-refractivity contribution in [3.63, 3.8) is 0 Å². The van der Waals surface area contributed by atoms with Crippen molar-refractivity contribution in [2.24, 2.45) is 0 Å². The van der Waals surface area contributed by atoms with Gasteiger partial charge in [0.25, 0.3) is 5.69 Å². The Labute approximate surface area is 120 Å². The second kappa shape index (κ2) is 5.01. The van der Waals surface area contributed by atoms with Crippen LogP contribution in [0.15, 0.2) is 30.5 Å². The summed E-state index contributed by atoms with van der Waals surface area (Å²) in [6, 6.07) is 7.12. The molecule has 1 N–H and O–H groups in total. The van der Waals surface area contributed by atoms with Crippen LogP contribution in [0.4, 0.5) is 5.69 Å². The number of nitro groups is 1. The van der Waals surface area contributed by atoms with E-state index in [0.29, 0.717) is 23.0 Å². The van der Waals surface area contributed by atoms with E-state index >= 15 is 0 Å². The number of nitrogens with zero attached hydrogens (tertiary/aromatic N) is 4. The predicted molar refractivity (Wildman–Crippen MR) is 78.2 cm³/mol. The number of hydrogen-bond acceptors (Lipinski definition) is 4. The van der Waals surface area contributed by atoms with Crippen molar-refractivity contribution >= 4 is 16.6 Å². The van der Waals surface area contributed by atoms with Crippen LogP contribution in [0.2, 0.25) is 0 Å². The molecule has 2 aromatic heterocycles. The summed E-state index contributed by atoms with van der Waals surface area (Å²) in [4.78, 5) is 10.8. The van der Waals surface area contributed by atoms with Crippen molar-refractivity contribution in [2.75, 3.05) is 0 Å². The number of nitro benzene ring substituents is 1. The standard InChI is InChI=1S/C14H15N5O2/c1-9(2)18-7-6-10(17-18)8-12-14-11(15-16-12)4-3-5-13(14)19(20)21/h3-7,9H,8H2,1-2H3,(H,15,16). The fourth-order valence-electron chi connectivity index (χ4n) is 2.33. The molecule has 0 spiro atoms. The van der Waals surface area contributed by atoms with E-state index < -0.39 is 0 Å². The van der Waals surface area contributed by atoms with E-state index in [1.165, 1.54) is 6.07 Å². The van der Waals surface area contributed by atoms with Gasteiger partial charge >= 0.3 is 0 Å². The summed E-state index contributed by atoms with van der Waals surface area (Å²) in [7, 11) is 0. The molecule has 0 saturated carbocycles. The second-order valence-corrected chi connectivity index (χ2v) is 5.18. The van der Waals surface area contributed by atoms with E-state index in [1.807, 2.05) is 30.8 Å². The van der Waals surface area contributed by atoms with Gasteiger partial charge in [-0.2, -0.15) is 10.2 Å². The van der Waals surface area contributed by atoms with Gasteiger partial charge in [0.15, 0.2) is 0 Å². The van der Waals surface area contributed by atoms with Crippen LogP contribution in [0.1, 0.15) is 31.3 Å². The summed E-state index contributed by atoms with van der Waals surface area (Å²) in [5.74, 6) is 0. The first-order chi connectivity index (χ1) is 10.1. The number of hydrogen-bond donors (Lipinski definition) is 1. The molecule has 0 radical (unpaired) electrons. The molecule has 0 amide bonds. The molecule has 2 heterocycles. The molecule has 108 valence electrons. The summed E-state index contributed by atoms with van der Waals surface area (Å²) in [6.45, 7) is 4.09. The van der Waals surface area contributed by atoms with Gasteiger partial charge in [-0.25, -0.2) is 0 Å². The minimum absolute atomic E-state index is 0.0690. The molecule has 0 atom stereocenters. The van der Waals surface area contributed by atoms with Gasteiger partial charge in [-0.05, 0) is 26.0 Å². The van der Waals surface area contributed by atoms with Crippen molar-refractivity contribution in [3.8, 4) is 0 Å². The SMILES string of the molecule is CC(C)n1ccc(Cc2n[nH]c3cccc([N+](=O)[O-])c23)n1. The van der Waals surface area contributed by atoms with Crippen LogP contribution in [0.3, 0.4) is 0 Å². The Morgan fingerprint density at radius 3 is 2.86 bits per heavy atom. The fraction of sp³-hybridized carbons (Fsp3) is 0.286. The zero-order valence-corrected chi connectivity index (χ0v) is 11.8. The van der Waals surface area contributed by atoms with Crippen LogP contribution in [0.25, 0.3) is 10.9 Å². The lowest BCUT2D eigenvalue weighted by atomic mass is 10.1. The lowest BCUT2D eigenvalue weighted by Gasteiger charge is -2.03. The third kappa shape index (κ3) is 2.37. The topological polar surface area (TPSA) is 89.6 Å². The smallest absolute Gasteiger partial charge is 0.277 e. The number of H-pyrrole nitrogens is 1. The zero-order chi connectivity index (χ0) is 15.0. The van der Waals surface area contributed by atoms with Gasteiger partial charge in [0.2, 0.25) is 0 Å². The molecule has 7 heteroatoms. The third-order valence-corrected chi connectivity index (χ3v) is 3.38. The quantitative estimate of drug-likeness (QED) is 0.589. The molecular formula is C14H15N5O2. The zero-order valence-electron chi connectivity index (χ0n) is 11.8. The number of aromatic amines is 1. The molecule has 0 unspecified atom stereocenters. The second-order valence-electron chi connectivity index (χ2n) is 5.18. The van der Waals surface area contributed by atoms with Crippen LogP contribution in [-0.4, -0.2) is 24.9 Å². The molecule has 0 aliphatic rings. The number of benzene rings is 1. The van der Waals surface area contributed by atoms with Crippen molar-refractivity contribution in [3.05, 3.63) is 52.0 Å². The summed E-state index contributed by atoms with van der Waals surface area (Å²) in [5, 5.41) is 23.2. The van der Waals surface area contributed by atoms with Crippen molar-refractivity contribution < 1.29 is 4.92 Å². The van der Waals surface area contributed by atoms with E-state index in [-0.39, 0.29) is 16.7 Å². The van der Waals surface area contributed by atoms with Crippen molar-refractivity contribution in [1.29, 1.82) is 0 Å². The number of rotatable bonds is 4. The van der Waals surface area contributed by atoms with Gasteiger partial charge in [0, 0.05) is 24.7 Å². The Hall–Kier alpha value is -2.70. The maximum Gasteiger partial charge on any atom is 0.280 e. The Bertz CT molecular complexity index is 803. The number of fused-ring (bicyclic) bond motifs is 1. The highest BCUT2D eigenvalue weighted by atomic mass is 16.6. The van der Waals surface area contributed by atoms with Gasteiger partial charge in [-0.1, -0.05) is 6.07 Å². The molecule has 21 heavy (non-hydrogen) atoms. The summed E-state index contributed by atoms with van der Waals surface area (Å²) >= 11 is 0.